The van der Waals surface area contributed by atoms with Gasteiger partial charge in [0.25, 0.3) is 10.0 Å². The van der Waals surface area contributed by atoms with Crippen molar-refractivity contribution in [3.63, 3.8) is 0 Å². The van der Waals surface area contributed by atoms with Crippen LogP contribution in [-0.2, 0) is 26.7 Å². The molecule has 0 fully saturated rings. The van der Waals surface area contributed by atoms with E-state index >= 15 is 0 Å². The van der Waals surface area contributed by atoms with E-state index in [0.717, 1.165) is 0 Å². The van der Waals surface area contributed by atoms with Crippen molar-refractivity contribution in [2.24, 2.45) is 7.05 Å². The molecule has 0 aliphatic rings. The zero-order chi connectivity index (χ0) is 17.0. The first-order valence-corrected chi connectivity index (χ1v) is 8.00. The Morgan fingerprint density at radius 1 is 1.41 bits per heavy atom. The zero-order valence-electron chi connectivity index (χ0n) is 12.7. The molecule has 0 aromatic carbocycles. The fourth-order valence-corrected chi connectivity index (χ4v) is 2.63. The maximum atomic E-state index is 11.9. The summed E-state index contributed by atoms with van der Waals surface area (Å²) >= 11 is 0. The number of carboxylic acids is 1. The molecule has 0 saturated carbocycles. The number of nitrogens with zero attached hydrogens (tertiary/aromatic N) is 2. The van der Waals surface area contributed by atoms with E-state index in [0.29, 0.717) is 0 Å². The molecule has 0 radical (unpaired) electrons. The number of amides is 1. The van der Waals surface area contributed by atoms with E-state index in [1.54, 1.807) is 20.9 Å². The Hall–Kier alpha value is -1.94. The van der Waals surface area contributed by atoms with Crippen molar-refractivity contribution in [1.29, 1.82) is 0 Å². The molecule has 0 aliphatic carbocycles. The third-order valence-corrected chi connectivity index (χ3v) is 4.11. The van der Waals surface area contributed by atoms with Gasteiger partial charge in [-0.2, -0.15) is 0 Å². The number of hydrogen-bond acceptors (Lipinski definition) is 5. The second kappa shape index (κ2) is 6.88. The molecule has 10 heteroatoms. The van der Waals surface area contributed by atoms with Crippen LogP contribution in [0.5, 0.6) is 0 Å². The highest BCUT2D eigenvalue weighted by Gasteiger charge is 2.23. The van der Waals surface area contributed by atoms with Crippen molar-refractivity contribution in [3.8, 4) is 0 Å². The van der Waals surface area contributed by atoms with Crippen LogP contribution >= 0.6 is 0 Å². The molecule has 0 aliphatic heterocycles. The predicted molar refractivity (Wildman–Crippen MR) is 77.5 cm³/mol. The Morgan fingerprint density at radius 3 is 2.55 bits per heavy atom. The highest BCUT2D eigenvalue weighted by atomic mass is 32.2. The Kier molecular flexibility index (Phi) is 5.66. The van der Waals surface area contributed by atoms with Gasteiger partial charge in [-0.3, -0.25) is 9.59 Å². The van der Waals surface area contributed by atoms with E-state index < -0.39 is 34.0 Å². The van der Waals surface area contributed by atoms with E-state index in [-0.39, 0.29) is 17.9 Å². The van der Waals surface area contributed by atoms with Gasteiger partial charge in [-0.1, -0.05) is 0 Å². The predicted octanol–water partition coefficient (Wildman–Crippen LogP) is -0.542. The summed E-state index contributed by atoms with van der Waals surface area (Å²) in [6, 6.07) is 0. The lowest BCUT2D eigenvalue weighted by atomic mass is 9.98. The van der Waals surface area contributed by atoms with Gasteiger partial charge in [-0.25, -0.2) is 18.1 Å². The van der Waals surface area contributed by atoms with E-state index in [2.05, 4.69) is 15.0 Å². The fraction of sp³-hybridized carbons (Fsp3) is 0.583. The number of nitrogens with one attached hydrogen (secondary N) is 2. The van der Waals surface area contributed by atoms with Gasteiger partial charge in [0.15, 0.2) is 5.03 Å². The topological polar surface area (TPSA) is 130 Å². The number of aromatic nitrogens is 2. The van der Waals surface area contributed by atoms with Gasteiger partial charge < -0.3 is 15.0 Å². The lowest BCUT2D eigenvalue weighted by molar-refractivity contribution is -0.137. The first-order chi connectivity index (χ1) is 10.0. The van der Waals surface area contributed by atoms with Crippen molar-refractivity contribution in [1.82, 2.24) is 19.6 Å². The molecule has 3 N–H and O–H groups in total. The molecule has 0 unspecified atom stereocenters. The molecule has 9 nitrogen and oxygen atoms in total. The number of sulfonamides is 1. The molecule has 1 rings (SSSR count). The zero-order valence-corrected chi connectivity index (χ0v) is 13.5. The molecule has 0 spiro atoms. The Morgan fingerprint density at radius 2 is 2.05 bits per heavy atom. The maximum Gasteiger partial charge on any atom is 0.303 e. The molecule has 1 aromatic heterocycles. The van der Waals surface area contributed by atoms with Gasteiger partial charge in [0.05, 0.1) is 12.9 Å². The summed E-state index contributed by atoms with van der Waals surface area (Å²) in [4.78, 5) is 26.0. The van der Waals surface area contributed by atoms with Crippen LogP contribution in [0.25, 0.3) is 0 Å². The Balaban J connectivity index is 2.54. The number of carboxylic acid groups (broad SMARTS) is 1. The lowest BCUT2D eigenvalue weighted by Crippen LogP contribution is -2.47. The monoisotopic (exact) mass is 332 g/mol. The molecule has 22 heavy (non-hydrogen) atoms. The summed E-state index contributed by atoms with van der Waals surface area (Å²) in [6.45, 7) is 2.89. The normalized spacial score (nSPS) is 12.1. The molecule has 1 aromatic rings. The third-order valence-electron chi connectivity index (χ3n) is 2.82. The van der Waals surface area contributed by atoms with Gasteiger partial charge in [-0.05, 0) is 20.3 Å². The Bertz CT molecular complexity index is 650. The summed E-state index contributed by atoms with van der Waals surface area (Å²) in [5.41, 5.74) is -0.744. The minimum absolute atomic E-state index is 0.0903. The second-order valence-corrected chi connectivity index (χ2v) is 7.24. The van der Waals surface area contributed by atoms with Gasteiger partial charge in [0, 0.05) is 25.2 Å². The van der Waals surface area contributed by atoms with Gasteiger partial charge in [-0.15, -0.1) is 0 Å². The highest BCUT2D eigenvalue weighted by molar-refractivity contribution is 7.89. The smallest absolute Gasteiger partial charge is 0.303 e. The first-order valence-electron chi connectivity index (χ1n) is 6.52. The van der Waals surface area contributed by atoms with Crippen molar-refractivity contribution in [2.75, 3.05) is 6.54 Å². The van der Waals surface area contributed by atoms with E-state index in [1.807, 2.05) is 0 Å². The van der Waals surface area contributed by atoms with Crippen LogP contribution in [0, 0.1) is 0 Å². The second-order valence-electron chi connectivity index (χ2n) is 5.53. The summed E-state index contributed by atoms with van der Waals surface area (Å²) in [7, 11) is -2.22. The van der Waals surface area contributed by atoms with E-state index in [4.69, 9.17) is 5.11 Å². The molecule has 1 heterocycles. The van der Waals surface area contributed by atoms with Crippen LogP contribution in [0.2, 0.25) is 0 Å². The number of aryl methyl sites for hydroxylation is 1. The van der Waals surface area contributed by atoms with Crippen LogP contribution in [0.3, 0.4) is 0 Å². The van der Waals surface area contributed by atoms with E-state index in [9.17, 15) is 18.0 Å². The SMILES string of the molecule is Cn1cnc(S(=O)(=O)NCC(=O)NC(C)(C)CCC(=O)O)c1. The lowest BCUT2D eigenvalue weighted by Gasteiger charge is -2.25. The molecule has 124 valence electrons. The minimum Gasteiger partial charge on any atom is -0.481 e. The van der Waals surface area contributed by atoms with Crippen molar-refractivity contribution in [3.05, 3.63) is 12.5 Å². The average molecular weight is 332 g/mol. The first kappa shape index (κ1) is 18.1. The largest absolute Gasteiger partial charge is 0.481 e. The van der Waals surface area contributed by atoms with Gasteiger partial charge in [0.2, 0.25) is 5.91 Å². The summed E-state index contributed by atoms with van der Waals surface area (Å²) in [5.74, 6) is -1.51. The maximum absolute atomic E-state index is 11.9. The summed E-state index contributed by atoms with van der Waals surface area (Å²) in [6.07, 6.45) is 2.80. The molecular weight excluding hydrogens is 312 g/mol. The van der Waals surface area contributed by atoms with Crippen LogP contribution in [0.1, 0.15) is 26.7 Å². The van der Waals surface area contributed by atoms with Crippen molar-refractivity contribution in [2.45, 2.75) is 37.3 Å². The molecule has 0 bridgehead atoms. The van der Waals surface area contributed by atoms with Crippen molar-refractivity contribution < 1.29 is 23.1 Å². The average Bonchev–Trinajstić information content (AvgIpc) is 2.81. The quantitative estimate of drug-likeness (QED) is 0.586. The number of hydrogen-bond donors (Lipinski definition) is 3. The van der Waals surface area contributed by atoms with Gasteiger partial charge in [0.1, 0.15) is 0 Å². The van der Waals surface area contributed by atoms with E-state index in [1.165, 1.54) is 17.1 Å². The highest BCUT2D eigenvalue weighted by Crippen LogP contribution is 2.11. The molecule has 1 amide bonds. The molecular formula is C12H20N4O5S. The van der Waals surface area contributed by atoms with Crippen LogP contribution in [-0.4, -0.2) is 47.0 Å². The van der Waals surface area contributed by atoms with Crippen molar-refractivity contribution >= 4 is 21.9 Å². The summed E-state index contributed by atoms with van der Waals surface area (Å²) < 4.78 is 27.4. The van der Waals surface area contributed by atoms with Gasteiger partial charge >= 0.3 is 5.97 Å². The minimum atomic E-state index is -3.85. The number of carbonyl (C=O) groups excluding carboxylic acids is 1. The standard InChI is InChI=1S/C12H20N4O5S/c1-12(2,5-4-11(18)19)15-9(17)6-14-22(20,21)10-7-16(3)8-13-10/h7-8,14H,4-6H2,1-3H3,(H,15,17)(H,18,19). The van der Waals surface area contributed by atoms with Crippen LogP contribution in [0.4, 0.5) is 0 Å². The van der Waals surface area contributed by atoms with Crippen LogP contribution < -0.4 is 10.0 Å². The number of carbonyl (C=O) groups is 2. The molecule has 0 saturated heterocycles. The number of rotatable bonds is 8. The number of imidazole rings is 1. The number of aliphatic carboxylic acids is 1. The van der Waals surface area contributed by atoms with Crippen LogP contribution in [0.15, 0.2) is 17.6 Å². The molecule has 0 atom stereocenters. The Labute approximate surface area is 128 Å². The third kappa shape index (κ3) is 5.82. The summed E-state index contributed by atoms with van der Waals surface area (Å²) in [5, 5.41) is 11.0. The fourth-order valence-electron chi connectivity index (χ4n) is 1.67.